The van der Waals surface area contributed by atoms with Gasteiger partial charge in [-0.1, -0.05) is 48.5 Å². The number of carbonyl (C=O) groups excluding carboxylic acids is 2. The van der Waals surface area contributed by atoms with Crippen LogP contribution in [0.2, 0.25) is 0 Å². The molecule has 0 aliphatic carbocycles. The molecule has 5 nitrogen and oxygen atoms in total. The number of benzene rings is 2. The Hall–Kier alpha value is -2.66. The summed E-state index contributed by atoms with van der Waals surface area (Å²) in [6, 6.07) is 18.0. The molecule has 0 saturated heterocycles. The van der Waals surface area contributed by atoms with Crippen LogP contribution < -0.4 is 16.4 Å². The van der Waals surface area contributed by atoms with Crippen LogP contribution in [0.1, 0.15) is 19.4 Å². The van der Waals surface area contributed by atoms with Crippen LogP contribution in [-0.2, 0) is 16.0 Å². The van der Waals surface area contributed by atoms with Crippen LogP contribution in [0.25, 0.3) is 0 Å². The van der Waals surface area contributed by atoms with Crippen molar-refractivity contribution in [3.05, 3.63) is 66.2 Å². The van der Waals surface area contributed by atoms with Gasteiger partial charge in [0.25, 0.3) is 0 Å². The Morgan fingerprint density at radius 1 is 1.00 bits per heavy atom. The maximum absolute atomic E-state index is 12.6. The molecule has 5 heteroatoms. The van der Waals surface area contributed by atoms with Crippen LogP contribution >= 0.6 is 0 Å². The highest BCUT2D eigenvalue weighted by molar-refractivity contribution is 5.98. The molecule has 0 bridgehead atoms. The summed E-state index contributed by atoms with van der Waals surface area (Å²) in [6.45, 7) is 3.22. The van der Waals surface area contributed by atoms with Gasteiger partial charge in [-0.25, -0.2) is 0 Å². The Morgan fingerprint density at radius 3 is 2.08 bits per heavy atom. The molecule has 0 heterocycles. The fraction of sp³-hybridized carbons (Fsp3) is 0.263. The van der Waals surface area contributed by atoms with Crippen LogP contribution in [0.4, 0.5) is 5.69 Å². The number of hydrogen-bond acceptors (Lipinski definition) is 3. The smallest absolute Gasteiger partial charge is 0.247 e. The van der Waals surface area contributed by atoms with Gasteiger partial charge < -0.3 is 16.4 Å². The number of carbonyl (C=O) groups is 2. The molecular formula is C19H23N3O2. The normalized spacial score (nSPS) is 12.3. The minimum absolute atomic E-state index is 0.275. The molecule has 0 aliphatic rings. The Kier molecular flexibility index (Phi) is 5.71. The molecule has 0 saturated carbocycles. The van der Waals surface area contributed by atoms with Crippen LogP contribution in [0, 0.1) is 0 Å². The van der Waals surface area contributed by atoms with E-state index >= 15 is 0 Å². The Bertz CT molecular complexity index is 679. The lowest BCUT2D eigenvalue weighted by molar-refractivity contribution is -0.129. The SMILES string of the molecule is CC(C)(N)C(=O)N[C@@H](Cc1ccccc1)C(=O)Nc1ccccc1. The third-order valence-electron chi connectivity index (χ3n) is 3.53. The van der Waals surface area contributed by atoms with Crippen molar-refractivity contribution < 1.29 is 9.59 Å². The van der Waals surface area contributed by atoms with Crippen LogP contribution in [0.5, 0.6) is 0 Å². The first-order valence-corrected chi connectivity index (χ1v) is 7.86. The fourth-order valence-electron chi connectivity index (χ4n) is 2.15. The average molecular weight is 325 g/mol. The molecule has 0 unspecified atom stereocenters. The van der Waals surface area contributed by atoms with Crippen molar-refractivity contribution in [3.63, 3.8) is 0 Å². The monoisotopic (exact) mass is 325 g/mol. The van der Waals surface area contributed by atoms with E-state index in [0.717, 1.165) is 5.56 Å². The third-order valence-corrected chi connectivity index (χ3v) is 3.53. The predicted octanol–water partition coefficient (Wildman–Crippen LogP) is 2.09. The summed E-state index contributed by atoms with van der Waals surface area (Å²) in [5.74, 6) is -0.644. The van der Waals surface area contributed by atoms with Crippen molar-refractivity contribution in [1.82, 2.24) is 5.32 Å². The fourth-order valence-corrected chi connectivity index (χ4v) is 2.15. The highest BCUT2D eigenvalue weighted by atomic mass is 16.2. The van der Waals surface area contributed by atoms with Gasteiger partial charge in [0.1, 0.15) is 6.04 Å². The minimum Gasteiger partial charge on any atom is -0.342 e. The summed E-state index contributed by atoms with van der Waals surface area (Å²) in [6.07, 6.45) is 0.390. The summed E-state index contributed by atoms with van der Waals surface area (Å²) < 4.78 is 0. The molecule has 126 valence electrons. The van der Waals surface area contributed by atoms with E-state index in [4.69, 9.17) is 5.73 Å². The Morgan fingerprint density at radius 2 is 1.54 bits per heavy atom. The first-order valence-electron chi connectivity index (χ1n) is 7.86. The van der Waals surface area contributed by atoms with E-state index in [0.29, 0.717) is 12.1 Å². The number of nitrogens with two attached hydrogens (primary N) is 1. The van der Waals surface area contributed by atoms with Gasteiger partial charge in [0, 0.05) is 12.1 Å². The van der Waals surface area contributed by atoms with E-state index in [-0.39, 0.29) is 11.8 Å². The molecule has 0 aromatic heterocycles. The second-order valence-electron chi connectivity index (χ2n) is 6.29. The summed E-state index contributed by atoms with van der Waals surface area (Å²) >= 11 is 0. The largest absolute Gasteiger partial charge is 0.342 e. The zero-order valence-corrected chi connectivity index (χ0v) is 14.0. The van der Waals surface area contributed by atoms with Crippen molar-refractivity contribution in [2.75, 3.05) is 5.32 Å². The third kappa shape index (κ3) is 5.21. The van der Waals surface area contributed by atoms with E-state index in [1.165, 1.54) is 0 Å². The number of rotatable bonds is 6. The van der Waals surface area contributed by atoms with Gasteiger partial charge in [0.15, 0.2) is 0 Å². The van der Waals surface area contributed by atoms with E-state index < -0.39 is 11.6 Å². The van der Waals surface area contributed by atoms with Crippen LogP contribution in [-0.4, -0.2) is 23.4 Å². The molecule has 1 atom stereocenters. The van der Waals surface area contributed by atoms with E-state index in [9.17, 15) is 9.59 Å². The second kappa shape index (κ2) is 7.75. The zero-order chi connectivity index (χ0) is 17.6. The lowest BCUT2D eigenvalue weighted by Gasteiger charge is -2.24. The van der Waals surface area contributed by atoms with Gasteiger partial charge in [-0.2, -0.15) is 0 Å². The van der Waals surface area contributed by atoms with Gasteiger partial charge >= 0.3 is 0 Å². The highest BCUT2D eigenvalue weighted by Crippen LogP contribution is 2.10. The summed E-state index contributed by atoms with van der Waals surface area (Å²) in [4.78, 5) is 24.8. The number of anilines is 1. The van der Waals surface area contributed by atoms with Crippen molar-refractivity contribution in [1.29, 1.82) is 0 Å². The quantitative estimate of drug-likeness (QED) is 0.760. The first-order chi connectivity index (χ1) is 11.4. The number of hydrogen-bond donors (Lipinski definition) is 3. The van der Waals surface area contributed by atoms with Gasteiger partial charge in [0.2, 0.25) is 11.8 Å². The second-order valence-corrected chi connectivity index (χ2v) is 6.29. The molecule has 2 amide bonds. The molecule has 0 radical (unpaired) electrons. The van der Waals surface area contributed by atoms with Crippen molar-refractivity contribution in [2.24, 2.45) is 5.73 Å². The molecule has 0 spiro atoms. The van der Waals surface area contributed by atoms with Crippen molar-refractivity contribution in [3.8, 4) is 0 Å². The number of amides is 2. The standard InChI is InChI=1S/C19H23N3O2/c1-19(2,20)18(24)22-16(13-14-9-5-3-6-10-14)17(23)21-15-11-7-4-8-12-15/h3-12,16H,13,20H2,1-2H3,(H,21,23)(H,22,24)/t16-/m0/s1. The Labute approximate surface area is 142 Å². The van der Waals surface area contributed by atoms with Crippen molar-refractivity contribution in [2.45, 2.75) is 31.8 Å². The Balaban J connectivity index is 2.15. The molecule has 0 aliphatic heterocycles. The number of nitrogens with one attached hydrogen (secondary N) is 2. The van der Waals surface area contributed by atoms with Crippen LogP contribution in [0.15, 0.2) is 60.7 Å². The maximum Gasteiger partial charge on any atom is 0.247 e. The first kappa shape index (κ1) is 17.7. The zero-order valence-electron chi connectivity index (χ0n) is 14.0. The molecule has 4 N–H and O–H groups in total. The summed E-state index contributed by atoms with van der Waals surface area (Å²) in [7, 11) is 0. The summed E-state index contributed by atoms with van der Waals surface area (Å²) in [5, 5.41) is 5.57. The van der Waals surface area contributed by atoms with E-state index in [1.807, 2.05) is 48.5 Å². The van der Waals surface area contributed by atoms with Crippen molar-refractivity contribution >= 4 is 17.5 Å². The van der Waals surface area contributed by atoms with E-state index in [1.54, 1.807) is 26.0 Å². The van der Waals surface area contributed by atoms with Gasteiger partial charge in [-0.3, -0.25) is 9.59 Å². The average Bonchev–Trinajstić information content (AvgIpc) is 2.55. The molecule has 0 fully saturated rings. The topological polar surface area (TPSA) is 84.2 Å². The maximum atomic E-state index is 12.6. The molecular weight excluding hydrogens is 302 g/mol. The highest BCUT2D eigenvalue weighted by Gasteiger charge is 2.28. The minimum atomic E-state index is -1.05. The predicted molar refractivity (Wildman–Crippen MR) is 95.4 cm³/mol. The van der Waals surface area contributed by atoms with Gasteiger partial charge in [0.05, 0.1) is 5.54 Å². The van der Waals surface area contributed by atoms with E-state index in [2.05, 4.69) is 10.6 Å². The van der Waals surface area contributed by atoms with Gasteiger partial charge in [-0.15, -0.1) is 0 Å². The molecule has 24 heavy (non-hydrogen) atoms. The molecule has 2 rings (SSSR count). The lowest BCUT2D eigenvalue weighted by atomic mass is 10.0. The molecule has 2 aromatic carbocycles. The summed E-state index contributed by atoms with van der Waals surface area (Å²) in [5.41, 5.74) is 6.42. The van der Waals surface area contributed by atoms with Crippen LogP contribution in [0.3, 0.4) is 0 Å². The van der Waals surface area contributed by atoms with Gasteiger partial charge in [-0.05, 0) is 31.5 Å². The molecule has 2 aromatic rings. The lowest BCUT2D eigenvalue weighted by Crippen LogP contribution is -2.55. The number of para-hydroxylation sites is 1.